The Hall–Kier alpha value is -1.58. The number of rotatable bonds is 0. The fourth-order valence-corrected chi connectivity index (χ4v) is 1.31. The van der Waals surface area contributed by atoms with Gasteiger partial charge in [-0.25, -0.2) is 4.68 Å². The normalized spacial score (nSPS) is 11.0. The number of hydrogen-bond acceptors (Lipinski definition) is 2. The highest BCUT2D eigenvalue weighted by molar-refractivity contribution is 5.84. The molecule has 0 amide bonds. The molecule has 0 aromatic carbocycles. The standard InChI is InChI=1S/C7H9N3O/c1-9-3-2-5-6(11)4-10(8)7(5)9/h2-4,11H,8H2,1H3. The molecule has 0 fully saturated rings. The molecule has 4 heteroatoms. The van der Waals surface area contributed by atoms with E-state index in [1.807, 2.05) is 23.9 Å². The van der Waals surface area contributed by atoms with Crippen LogP contribution in [0.25, 0.3) is 11.0 Å². The van der Waals surface area contributed by atoms with Crippen molar-refractivity contribution in [2.45, 2.75) is 0 Å². The first kappa shape index (κ1) is 6.15. The molecular formula is C7H9N3O. The van der Waals surface area contributed by atoms with Crippen LogP contribution in [0.4, 0.5) is 0 Å². The van der Waals surface area contributed by atoms with Crippen molar-refractivity contribution in [1.82, 2.24) is 9.24 Å². The number of aromatic nitrogens is 2. The van der Waals surface area contributed by atoms with Crippen LogP contribution in [0.3, 0.4) is 0 Å². The fourth-order valence-electron chi connectivity index (χ4n) is 1.31. The number of aromatic hydroxyl groups is 1. The van der Waals surface area contributed by atoms with Crippen molar-refractivity contribution in [2.24, 2.45) is 7.05 Å². The molecule has 0 aliphatic heterocycles. The molecule has 11 heavy (non-hydrogen) atoms. The van der Waals surface area contributed by atoms with Crippen LogP contribution in [-0.2, 0) is 7.05 Å². The van der Waals surface area contributed by atoms with Gasteiger partial charge in [0.25, 0.3) is 0 Å². The van der Waals surface area contributed by atoms with E-state index in [0.717, 1.165) is 11.0 Å². The highest BCUT2D eigenvalue weighted by Gasteiger charge is 2.07. The molecule has 0 aliphatic rings. The number of nitrogens with two attached hydrogens (primary N) is 1. The summed E-state index contributed by atoms with van der Waals surface area (Å²) in [7, 11) is 1.88. The zero-order valence-electron chi connectivity index (χ0n) is 6.15. The van der Waals surface area contributed by atoms with Gasteiger partial charge in [-0.3, -0.25) is 0 Å². The molecule has 2 aromatic heterocycles. The molecule has 2 rings (SSSR count). The Kier molecular flexibility index (Phi) is 0.961. The van der Waals surface area contributed by atoms with E-state index in [0.29, 0.717) is 0 Å². The van der Waals surface area contributed by atoms with Crippen LogP contribution >= 0.6 is 0 Å². The van der Waals surface area contributed by atoms with E-state index in [-0.39, 0.29) is 5.75 Å². The summed E-state index contributed by atoms with van der Waals surface area (Å²) in [6, 6.07) is 1.83. The summed E-state index contributed by atoms with van der Waals surface area (Å²) in [5, 5.41) is 10.1. The largest absolute Gasteiger partial charge is 0.506 e. The topological polar surface area (TPSA) is 56.1 Å². The molecule has 0 atom stereocenters. The van der Waals surface area contributed by atoms with Crippen LogP contribution in [0.15, 0.2) is 18.5 Å². The van der Waals surface area contributed by atoms with Gasteiger partial charge in [-0.05, 0) is 6.07 Å². The van der Waals surface area contributed by atoms with Gasteiger partial charge < -0.3 is 15.5 Å². The van der Waals surface area contributed by atoms with Crippen molar-refractivity contribution in [3.63, 3.8) is 0 Å². The first-order chi connectivity index (χ1) is 5.20. The van der Waals surface area contributed by atoms with E-state index >= 15 is 0 Å². The third-order valence-electron chi connectivity index (χ3n) is 1.82. The number of nitrogen functional groups attached to an aromatic ring is 1. The maximum Gasteiger partial charge on any atom is 0.144 e. The monoisotopic (exact) mass is 151 g/mol. The van der Waals surface area contributed by atoms with Crippen LogP contribution in [0.2, 0.25) is 0 Å². The maximum absolute atomic E-state index is 9.29. The van der Waals surface area contributed by atoms with Gasteiger partial charge >= 0.3 is 0 Å². The molecular weight excluding hydrogens is 142 g/mol. The average Bonchev–Trinajstić information content (AvgIpc) is 2.41. The van der Waals surface area contributed by atoms with Crippen molar-refractivity contribution in [3.8, 4) is 5.75 Å². The Bertz CT molecular complexity index is 399. The van der Waals surface area contributed by atoms with Crippen molar-refractivity contribution >= 4 is 11.0 Å². The minimum absolute atomic E-state index is 0.225. The lowest BCUT2D eigenvalue weighted by Crippen LogP contribution is -2.07. The molecule has 4 nitrogen and oxygen atoms in total. The van der Waals surface area contributed by atoms with Crippen molar-refractivity contribution in [3.05, 3.63) is 18.5 Å². The van der Waals surface area contributed by atoms with Crippen molar-refractivity contribution in [1.29, 1.82) is 0 Å². The lowest BCUT2D eigenvalue weighted by atomic mass is 10.4. The van der Waals surface area contributed by atoms with Gasteiger partial charge in [-0.1, -0.05) is 0 Å². The number of aryl methyl sites for hydroxylation is 1. The molecule has 58 valence electrons. The third-order valence-corrected chi connectivity index (χ3v) is 1.82. The first-order valence-electron chi connectivity index (χ1n) is 3.30. The summed E-state index contributed by atoms with van der Waals surface area (Å²) >= 11 is 0. The van der Waals surface area contributed by atoms with Gasteiger partial charge in [0.2, 0.25) is 0 Å². The van der Waals surface area contributed by atoms with Crippen molar-refractivity contribution < 1.29 is 5.11 Å². The highest BCUT2D eigenvalue weighted by atomic mass is 16.3. The zero-order valence-corrected chi connectivity index (χ0v) is 6.15. The predicted molar refractivity (Wildman–Crippen MR) is 42.7 cm³/mol. The van der Waals surface area contributed by atoms with Gasteiger partial charge in [0.05, 0.1) is 11.6 Å². The minimum atomic E-state index is 0.225. The SMILES string of the molecule is Cn1ccc2c(O)cn(N)c21. The Morgan fingerprint density at radius 2 is 2.27 bits per heavy atom. The Morgan fingerprint density at radius 1 is 1.55 bits per heavy atom. The molecule has 0 saturated heterocycles. The molecule has 0 saturated carbocycles. The van der Waals surface area contributed by atoms with E-state index in [4.69, 9.17) is 5.84 Å². The summed E-state index contributed by atoms with van der Waals surface area (Å²) in [6.45, 7) is 0. The molecule has 0 spiro atoms. The fraction of sp³-hybridized carbons (Fsp3) is 0.143. The Balaban J connectivity index is 2.98. The first-order valence-corrected chi connectivity index (χ1v) is 3.30. The van der Waals surface area contributed by atoms with Gasteiger partial charge in [0.1, 0.15) is 11.4 Å². The molecule has 2 heterocycles. The minimum Gasteiger partial charge on any atom is -0.506 e. The quantitative estimate of drug-likeness (QED) is 0.535. The third kappa shape index (κ3) is 0.633. The molecule has 3 N–H and O–H groups in total. The second-order valence-corrected chi connectivity index (χ2v) is 2.59. The van der Waals surface area contributed by atoms with Crippen LogP contribution in [0.1, 0.15) is 0 Å². The van der Waals surface area contributed by atoms with E-state index < -0.39 is 0 Å². The summed E-state index contributed by atoms with van der Waals surface area (Å²) in [5.74, 6) is 5.78. The summed E-state index contributed by atoms with van der Waals surface area (Å²) in [5.41, 5.74) is 0.822. The van der Waals surface area contributed by atoms with Gasteiger partial charge in [-0.2, -0.15) is 0 Å². The maximum atomic E-state index is 9.29. The molecule has 0 unspecified atom stereocenters. The van der Waals surface area contributed by atoms with Gasteiger partial charge in [0, 0.05) is 13.2 Å². The van der Waals surface area contributed by atoms with Crippen molar-refractivity contribution in [2.75, 3.05) is 5.84 Å². The van der Waals surface area contributed by atoms with Crippen LogP contribution in [-0.4, -0.2) is 14.3 Å². The molecule has 0 radical (unpaired) electrons. The van der Waals surface area contributed by atoms with Gasteiger partial charge in [-0.15, -0.1) is 0 Å². The Labute approximate surface area is 63.4 Å². The zero-order chi connectivity index (χ0) is 8.01. The van der Waals surface area contributed by atoms with Gasteiger partial charge in [0.15, 0.2) is 0 Å². The smallest absolute Gasteiger partial charge is 0.144 e. The molecule has 0 aliphatic carbocycles. The van der Waals surface area contributed by atoms with Crippen LogP contribution < -0.4 is 5.84 Å². The lowest BCUT2D eigenvalue weighted by molar-refractivity contribution is 0.480. The van der Waals surface area contributed by atoms with E-state index in [1.165, 1.54) is 10.9 Å². The summed E-state index contributed by atoms with van der Waals surface area (Å²) in [6.07, 6.45) is 3.35. The van der Waals surface area contributed by atoms with E-state index in [1.54, 1.807) is 0 Å². The van der Waals surface area contributed by atoms with Crippen LogP contribution in [0.5, 0.6) is 5.75 Å². The number of fused-ring (bicyclic) bond motifs is 1. The summed E-state index contributed by atoms with van der Waals surface area (Å²) < 4.78 is 3.26. The second-order valence-electron chi connectivity index (χ2n) is 2.59. The number of nitrogens with zero attached hydrogens (tertiary/aromatic N) is 2. The highest BCUT2D eigenvalue weighted by Crippen LogP contribution is 2.25. The average molecular weight is 151 g/mol. The second kappa shape index (κ2) is 1.72. The van der Waals surface area contributed by atoms with E-state index in [9.17, 15) is 5.11 Å². The predicted octanol–water partition coefficient (Wildman–Crippen LogP) is 0.399. The number of hydrogen-bond donors (Lipinski definition) is 2. The van der Waals surface area contributed by atoms with Crippen LogP contribution in [0, 0.1) is 0 Å². The Morgan fingerprint density at radius 3 is 2.91 bits per heavy atom. The summed E-state index contributed by atoms with van der Waals surface area (Å²) in [4.78, 5) is 0. The molecule has 0 bridgehead atoms. The lowest BCUT2D eigenvalue weighted by Gasteiger charge is -1.95. The molecule has 2 aromatic rings. The van der Waals surface area contributed by atoms with E-state index in [2.05, 4.69) is 0 Å².